The molecule has 2 nitrogen and oxygen atoms in total. The molecule has 0 aliphatic heterocycles. The molecular weight excluding hydrogens is 290 g/mol. The number of hydrogen-bond donors (Lipinski definition) is 1. The van der Waals surface area contributed by atoms with Crippen LogP contribution in [0.25, 0.3) is 0 Å². The molecule has 0 heterocycles. The van der Waals surface area contributed by atoms with Crippen LogP contribution in [-0.4, -0.2) is 13.2 Å². The van der Waals surface area contributed by atoms with E-state index in [4.69, 9.17) is 22.1 Å². The summed E-state index contributed by atoms with van der Waals surface area (Å²) in [5, 5.41) is 0.889. The standard InChI is InChI=1S/C16H18ClNOS/c1-11(18)16(12-5-3-6-13(17)9-12)20-15-8-4-7-14(10-15)19-2/h3-11,16H,18H2,1-2H3. The molecule has 20 heavy (non-hydrogen) atoms. The Kier molecular flexibility index (Phi) is 5.35. The lowest BCUT2D eigenvalue weighted by Gasteiger charge is -2.21. The Labute approximate surface area is 129 Å². The normalized spacial score (nSPS) is 13.8. The maximum atomic E-state index is 6.14. The average Bonchev–Trinajstić information content (AvgIpc) is 2.44. The highest BCUT2D eigenvalue weighted by atomic mass is 35.5. The summed E-state index contributed by atoms with van der Waals surface area (Å²) in [6.07, 6.45) is 0. The van der Waals surface area contributed by atoms with Gasteiger partial charge in [0.25, 0.3) is 0 Å². The van der Waals surface area contributed by atoms with E-state index in [0.717, 1.165) is 21.2 Å². The van der Waals surface area contributed by atoms with Gasteiger partial charge in [-0.3, -0.25) is 0 Å². The SMILES string of the molecule is COc1cccc(SC(c2cccc(Cl)c2)C(C)N)c1. The third kappa shape index (κ3) is 3.92. The van der Waals surface area contributed by atoms with Crippen LogP contribution in [0.3, 0.4) is 0 Å². The molecule has 2 atom stereocenters. The molecule has 2 unspecified atom stereocenters. The molecule has 0 fully saturated rings. The molecule has 0 aliphatic carbocycles. The maximum Gasteiger partial charge on any atom is 0.119 e. The molecule has 0 spiro atoms. The number of nitrogens with two attached hydrogens (primary N) is 1. The molecule has 0 radical (unpaired) electrons. The van der Waals surface area contributed by atoms with Crippen LogP contribution >= 0.6 is 23.4 Å². The number of benzene rings is 2. The summed E-state index contributed by atoms with van der Waals surface area (Å²) in [5.74, 6) is 0.851. The molecular formula is C16H18ClNOS. The van der Waals surface area contributed by atoms with Crippen molar-refractivity contribution in [3.8, 4) is 5.75 Å². The van der Waals surface area contributed by atoms with E-state index in [1.54, 1.807) is 18.9 Å². The summed E-state index contributed by atoms with van der Waals surface area (Å²) in [4.78, 5) is 1.13. The van der Waals surface area contributed by atoms with Crippen LogP contribution in [0.15, 0.2) is 53.4 Å². The fourth-order valence-electron chi connectivity index (χ4n) is 1.98. The van der Waals surface area contributed by atoms with Crippen LogP contribution in [0.1, 0.15) is 17.7 Å². The topological polar surface area (TPSA) is 35.2 Å². The van der Waals surface area contributed by atoms with Gasteiger partial charge in [0.15, 0.2) is 0 Å². The Hall–Kier alpha value is -1.16. The van der Waals surface area contributed by atoms with Gasteiger partial charge in [0, 0.05) is 21.2 Å². The number of thioether (sulfide) groups is 1. The third-order valence-corrected chi connectivity index (χ3v) is 4.68. The number of rotatable bonds is 5. The molecule has 2 aromatic carbocycles. The van der Waals surface area contributed by atoms with E-state index < -0.39 is 0 Å². The van der Waals surface area contributed by atoms with Crippen molar-refractivity contribution >= 4 is 23.4 Å². The quantitative estimate of drug-likeness (QED) is 0.824. The van der Waals surface area contributed by atoms with Gasteiger partial charge in [-0.15, -0.1) is 11.8 Å². The van der Waals surface area contributed by atoms with Gasteiger partial charge >= 0.3 is 0 Å². The largest absolute Gasteiger partial charge is 0.497 e. The van der Waals surface area contributed by atoms with E-state index in [0.29, 0.717) is 0 Å². The van der Waals surface area contributed by atoms with Crippen LogP contribution < -0.4 is 10.5 Å². The molecule has 106 valence electrons. The molecule has 0 amide bonds. The summed E-state index contributed by atoms with van der Waals surface area (Å²) >= 11 is 7.80. The van der Waals surface area contributed by atoms with Gasteiger partial charge in [0.05, 0.1) is 7.11 Å². The van der Waals surface area contributed by atoms with Gasteiger partial charge in [0.1, 0.15) is 5.75 Å². The Morgan fingerprint density at radius 2 is 1.90 bits per heavy atom. The zero-order valence-electron chi connectivity index (χ0n) is 11.5. The van der Waals surface area contributed by atoms with Gasteiger partial charge in [-0.2, -0.15) is 0 Å². The van der Waals surface area contributed by atoms with Gasteiger partial charge in [-0.1, -0.05) is 29.8 Å². The lowest BCUT2D eigenvalue weighted by Crippen LogP contribution is -2.22. The first-order valence-electron chi connectivity index (χ1n) is 6.42. The summed E-state index contributed by atoms with van der Waals surface area (Å²) in [6, 6.07) is 15.9. The highest BCUT2D eigenvalue weighted by molar-refractivity contribution is 7.99. The summed E-state index contributed by atoms with van der Waals surface area (Å²) in [7, 11) is 1.67. The Balaban J connectivity index is 2.25. The van der Waals surface area contributed by atoms with Gasteiger partial charge in [0.2, 0.25) is 0 Å². The van der Waals surface area contributed by atoms with Crippen LogP contribution in [0.5, 0.6) is 5.75 Å². The molecule has 4 heteroatoms. The van der Waals surface area contributed by atoms with Crippen LogP contribution in [0.2, 0.25) is 5.02 Å². The average molecular weight is 308 g/mol. The predicted octanol–water partition coefficient (Wildman–Crippen LogP) is 4.53. The van der Waals surface area contributed by atoms with E-state index in [1.165, 1.54) is 0 Å². The highest BCUT2D eigenvalue weighted by Gasteiger charge is 2.18. The van der Waals surface area contributed by atoms with Crippen molar-refractivity contribution in [2.75, 3.05) is 7.11 Å². The van der Waals surface area contributed by atoms with Crippen LogP contribution in [0, 0.1) is 0 Å². The van der Waals surface area contributed by atoms with E-state index in [2.05, 4.69) is 12.1 Å². The lowest BCUT2D eigenvalue weighted by molar-refractivity contribution is 0.413. The summed E-state index contributed by atoms with van der Waals surface area (Å²) in [5.41, 5.74) is 7.28. The molecule has 0 aliphatic rings. The van der Waals surface area contributed by atoms with Crippen molar-refractivity contribution in [2.24, 2.45) is 5.73 Å². The highest BCUT2D eigenvalue weighted by Crippen LogP contribution is 2.38. The van der Waals surface area contributed by atoms with Gasteiger partial charge < -0.3 is 10.5 Å². The number of hydrogen-bond acceptors (Lipinski definition) is 3. The fraction of sp³-hybridized carbons (Fsp3) is 0.250. The van der Waals surface area contributed by atoms with Gasteiger partial charge in [-0.25, -0.2) is 0 Å². The predicted molar refractivity (Wildman–Crippen MR) is 86.7 cm³/mol. The molecule has 2 aromatic rings. The van der Waals surface area contributed by atoms with E-state index >= 15 is 0 Å². The number of halogens is 1. The summed E-state index contributed by atoms with van der Waals surface area (Å²) in [6.45, 7) is 2.01. The van der Waals surface area contributed by atoms with E-state index in [1.807, 2.05) is 43.3 Å². The number of methoxy groups -OCH3 is 1. The molecule has 0 aromatic heterocycles. The van der Waals surface area contributed by atoms with Crippen molar-refractivity contribution < 1.29 is 4.74 Å². The maximum absolute atomic E-state index is 6.14. The monoisotopic (exact) mass is 307 g/mol. The smallest absolute Gasteiger partial charge is 0.119 e. The second kappa shape index (κ2) is 7.02. The van der Waals surface area contributed by atoms with Crippen molar-refractivity contribution in [1.82, 2.24) is 0 Å². The second-order valence-electron chi connectivity index (χ2n) is 4.63. The molecule has 0 saturated carbocycles. The molecule has 2 rings (SSSR count). The zero-order valence-corrected chi connectivity index (χ0v) is 13.1. The van der Waals surface area contributed by atoms with Gasteiger partial charge in [-0.05, 0) is 42.8 Å². The first kappa shape index (κ1) is 15.2. The minimum absolute atomic E-state index is 0.0182. The Bertz CT molecular complexity index is 574. The Morgan fingerprint density at radius 3 is 2.55 bits per heavy atom. The zero-order chi connectivity index (χ0) is 14.5. The van der Waals surface area contributed by atoms with Crippen molar-refractivity contribution in [1.29, 1.82) is 0 Å². The van der Waals surface area contributed by atoms with Crippen LogP contribution in [0.4, 0.5) is 0 Å². The summed E-state index contributed by atoms with van der Waals surface area (Å²) < 4.78 is 5.26. The Morgan fingerprint density at radius 1 is 1.15 bits per heavy atom. The first-order chi connectivity index (χ1) is 9.60. The van der Waals surface area contributed by atoms with E-state index in [9.17, 15) is 0 Å². The van der Waals surface area contributed by atoms with Crippen molar-refractivity contribution in [2.45, 2.75) is 23.1 Å². The lowest BCUT2D eigenvalue weighted by atomic mass is 10.1. The number of ether oxygens (including phenoxy) is 1. The van der Waals surface area contributed by atoms with E-state index in [-0.39, 0.29) is 11.3 Å². The molecule has 2 N–H and O–H groups in total. The molecule has 0 saturated heterocycles. The fourth-order valence-corrected chi connectivity index (χ4v) is 3.31. The van der Waals surface area contributed by atoms with Crippen molar-refractivity contribution in [3.63, 3.8) is 0 Å². The third-order valence-electron chi connectivity index (χ3n) is 2.96. The minimum atomic E-state index is 0.0182. The minimum Gasteiger partial charge on any atom is -0.497 e. The van der Waals surface area contributed by atoms with Crippen LogP contribution in [-0.2, 0) is 0 Å². The second-order valence-corrected chi connectivity index (χ2v) is 6.28. The molecule has 0 bridgehead atoms. The van der Waals surface area contributed by atoms with Crippen molar-refractivity contribution in [3.05, 3.63) is 59.1 Å². The first-order valence-corrected chi connectivity index (χ1v) is 7.67.